The van der Waals surface area contributed by atoms with E-state index in [0.29, 0.717) is 0 Å². The van der Waals surface area contributed by atoms with Crippen LogP contribution in [0.15, 0.2) is 0 Å². The second-order valence-corrected chi connectivity index (χ2v) is 4.34. The Kier molecular flexibility index (Phi) is 10.1. The first-order chi connectivity index (χ1) is 7.22. The van der Waals surface area contributed by atoms with Gasteiger partial charge in [-0.05, 0) is 25.7 Å². The van der Waals surface area contributed by atoms with Gasteiger partial charge in [-0.3, -0.25) is 4.79 Å². The Hall–Kier alpha value is -0.240. The predicted molar refractivity (Wildman–Crippen MR) is 66.4 cm³/mol. The fourth-order valence-corrected chi connectivity index (χ4v) is 1.74. The average molecular weight is 234 g/mol. The van der Waals surface area contributed by atoms with Gasteiger partial charge in [0.05, 0.1) is 0 Å². The molecule has 0 aromatic heterocycles. The monoisotopic (exact) mass is 233 g/mol. The van der Waals surface area contributed by atoms with Gasteiger partial charge in [-0.1, -0.05) is 19.8 Å². The number of amides is 1. The smallest absolute Gasteiger partial charge is 0.219 e. The van der Waals surface area contributed by atoms with Crippen LogP contribution in [0.25, 0.3) is 0 Å². The van der Waals surface area contributed by atoms with Gasteiger partial charge in [-0.15, -0.1) is 11.6 Å². The maximum atomic E-state index is 10.7. The molecule has 0 aliphatic carbocycles. The number of unbranched alkanes of at least 4 members (excludes halogenated alkanes) is 2. The summed E-state index contributed by atoms with van der Waals surface area (Å²) in [5, 5.41) is 0. The highest BCUT2D eigenvalue weighted by Crippen LogP contribution is 2.07. The summed E-state index contributed by atoms with van der Waals surface area (Å²) in [6.45, 7) is 5.78. The minimum atomic E-state index is 0.231. The normalized spacial score (nSPS) is 15.5. The van der Waals surface area contributed by atoms with E-state index in [1.807, 2.05) is 4.90 Å². The van der Waals surface area contributed by atoms with Crippen molar-refractivity contribution in [2.45, 2.75) is 52.4 Å². The highest BCUT2D eigenvalue weighted by atomic mass is 35.5. The number of hydrogen-bond acceptors (Lipinski definition) is 1. The minimum absolute atomic E-state index is 0.231. The Morgan fingerprint density at radius 2 is 1.80 bits per heavy atom. The topological polar surface area (TPSA) is 20.3 Å². The standard InChI is InChI=1S/C7H13NO.C5H11Cl/c1-7(9)8-5-3-2-4-6-8;1-2-3-4-5-6/h2-6H2,1H3;2-5H2,1H3. The molecule has 1 saturated heterocycles. The Balaban J connectivity index is 0.000000288. The molecule has 1 aliphatic heterocycles. The van der Waals surface area contributed by atoms with Crippen LogP contribution in [0.2, 0.25) is 0 Å². The molecule has 3 heteroatoms. The summed E-state index contributed by atoms with van der Waals surface area (Å²) in [7, 11) is 0. The number of carbonyl (C=O) groups excluding carboxylic acids is 1. The molecule has 1 amide bonds. The van der Waals surface area contributed by atoms with Crippen LogP contribution in [-0.2, 0) is 4.79 Å². The zero-order valence-electron chi connectivity index (χ0n) is 10.1. The van der Waals surface area contributed by atoms with Crippen molar-refractivity contribution in [3.05, 3.63) is 0 Å². The third kappa shape index (κ3) is 8.73. The average Bonchev–Trinajstić information content (AvgIpc) is 2.28. The number of halogens is 1. The second kappa shape index (κ2) is 10.3. The van der Waals surface area contributed by atoms with Crippen molar-refractivity contribution in [3.8, 4) is 0 Å². The van der Waals surface area contributed by atoms with Crippen molar-refractivity contribution in [2.75, 3.05) is 19.0 Å². The van der Waals surface area contributed by atoms with Crippen molar-refractivity contribution in [1.29, 1.82) is 0 Å². The Labute approximate surface area is 99.0 Å². The van der Waals surface area contributed by atoms with Gasteiger partial charge < -0.3 is 4.90 Å². The molecular weight excluding hydrogens is 210 g/mol. The van der Waals surface area contributed by atoms with Crippen LogP contribution in [-0.4, -0.2) is 29.8 Å². The van der Waals surface area contributed by atoms with E-state index in [1.165, 1.54) is 38.5 Å². The number of carbonyl (C=O) groups is 1. The summed E-state index contributed by atoms with van der Waals surface area (Å²) >= 11 is 5.38. The molecule has 0 aromatic carbocycles. The number of nitrogens with zero attached hydrogens (tertiary/aromatic N) is 1. The molecule has 0 radical (unpaired) electrons. The number of alkyl halides is 1. The van der Waals surface area contributed by atoms with E-state index >= 15 is 0 Å². The molecule has 1 heterocycles. The van der Waals surface area contributed by atoms with E-state index in [4.69, 9.17) is 11.6 Å². The van der Waals surface area contributed by atoms with E-state index in [0.717, 1.165) is 19.0 Å². The molecule has 1 fully saturated rings. The molecule has 0 N–H and O–H groups in total. The Bertz CT molecular complexity index is 152. The molecule has 2 nitrogen and oxygen atoms in total. The van der Waals surface area contributed by atoms with Crippen LogP contribution in [0, 0.1) is 0 Å². The lowest BCUT2D eigenvalue weighted by atomic mass is 10.1. The number of piperidine rings is 1. The lowest BCUT2D eigenvalue weighted by Gasteiger charge is -2.24. The third-order valence-corrected chi connectivity index (χ3v) is 2.81. The van der Waals surface area contributed by atoms with Crippen molar-refractivity contribution in [2.24, 2.45) is 0 Å². The fourth-order valence-electron chi connectivity index (χ4n) is 1.55. The first-order valence-electron chi connectivity index (χ1n) is 6.03. The summed E-state index contributed by atoms with van der Waals surface area (Å²) in [6.07, 6.45) is 7.41. The van der Waals surface area contributed by atoms with Gasteiger partial charge in [-0.25, -0.2) is 0 Å². The van der Waals surface area contributed by atoms with Gasteiger partial charge in [0.15, 0.2) is 0 Å². The quantitative estimate of drug-likeness (QED) is 0.540. The third-order valence-electron chi connectivity index (χ3n) is 2.54. The van der Waals surface area contributed by atoms with Crippen LogP contribution in [0.1, 0.15) is 52.4 Å². The summed E-state index contributed by atoms with van der Waals surface area (Å²) in [5.74, 6) is 1.06. The van der Waals surface area contributed by atoms with Gasteiger partial charge in [0.1, 0.15) is 0 Å². The van der Waals surface area contributed by atoms with Crippen LogP contribution in [0.3, 0.4) is 0 Å². The van der Waals surface area contributed by atoms with E-state index in [-0.39, 0.29) is 5.91 Å². The van der Waals surface area contributed by atoms with Crippen LogP contribution in [0.5, 0.6) is 0 Å². The van der Waals surface area contributed by atoms with Gasteiger partial charge in [0, 0.05) is 25.9 Å². The van der Waals surface area contributed by atoms with Gasteiger partial charge in [0.25, 0.3) is 0 Å². The minimum Gasteiger partial charge on any atom is -0.343 e. The number of hydrogen-bond donors (Lipinski definition) is 0. The zero-order valence-corrected chi connectivity index (χ0v) is 10.9. The van der Waals surface area contributed by atoms with Crippen molar-refractivity contribution in [3.63, 3.8) is 0 Å². The summed E-state index contributed by atoms with van der Waals surface area (Å²) < 4.78 is 0. The summed E-state index contributed by atoms with van der Waals surface area (Å²) in [6, 6.07) is 0. The SMILES string of the molecule is CC(=O)N1CCCCC1.CCCCCCl. The molecule has 0 spiro atoms. The first-order valence-corrected chi connectivity index (χ1v) is 6.57. The molecule has 0 aromatic rings. The number of likely N-dealkylation sites (tertiary alicyclic amines) is 1. The number of rotatable bonds is 3. The lowest BCUT2D eigenvalue weighted by Crippen LogP contribution is -2.33. The van der Waals surface area contributed by atoms with E-state index in [2.05, 4.69) is 6.92 Å². The van der Waals surface area contributed by atoms with Crippen molar-refractivity contribution in [1.82, 2.24) is 4.90 Å². The summed E-state index contributed by atoms with van der Waals surface area (Å²) in [5.41, 5.74) is 0. The molecule has 1 rings (SSSR count). The first kappa shape index (κ1) is 14.8. The highest BCUT2D eigenvalue weighted by molar-refractivity contribution is 6.17. The molecule has 0 atom stereocenters. The molecule has 0 unspecified atom stereocenters. The van der Waals surface area contributed by atoms with Crippen molar-refractivity contribution >= 4 is 17.5 Å². The van der Waals surface area contributed by atoms with Crippen molar-refractivity contribution < 1.29 is 4.79 Å². The lowest BCUT2D eigenvalue weighted by molar-refractivity contribution is -0.129. The van der Waals surface area contributed by atoms with Gasteiger partial charge in [0.2, 0.25) is 5.91 Å². The molecule has 15 heavy (non-hydrogen) atoms. The van der Waals surface area contributed by atoms with Gasteiger partial charge >= 0.3 is 0 Å². The molecular formula is C12H24ClNO. The molecule has 0 saturated carbocycles. The molecule has 1 aliphatic rings. The summed E-state index contributed by atoms with van der Waals surface area (Å²) in [4.78, 5) is 12.6. The molecule has 90 valence electrons. The van der Waals surface area contributed by atoms with Crippen LogP contribution in [0.4, 0.5) is 0 Å². The Morgan fingerprint density at radius 3 is 2.07 bits per heavy atom. The second-order valence-electron chi connectivity index (χ2n) is 3.96. The van der Waals surface area contributed by atoms with E-state index in [9.17, 15) is 4.79 Å². The molecule has 0 bridgehead atoms. The fraction of sp³-hybridized carbons (Fsp3) is 0.917. The maximum Gasteiger partial charge on any atom is 0.219 e. The Morgan fingerprint density at radius 1 is 1.20 bits per heavy atom. The highest BCUT2D eigenvalue weighted by Gasteiger charge is 2.10. The van der Waals surface area contributed by atoms with Crippen LogP contribution >= 0.6 is 11.6 Å². The predicted octanol–water partition coefficient (Wildman–Crippen LogP) is 3.43. The van der Waals surface area contributed by atoms with Crippen LogP contribution < -0.4 is 0 Å². The zero-order chi connectivity index (χ0) is 11.5. The maximum absolute atomic E-state index is 10.7. The largest absolute Gasteiger partial charge is 0.343 e. The van der Waals surface area contributed by atoms with Gasteiger partial charge in [-0.2, -0.15) is 0 Å². The van der Waals surface area contributed by atoms with E-state index < -0.39 is 0 Å². The van der Waals surface area contributed by atoms with E-state index in [1.54, 1.807) is 6.92 Å².